The summed E-state index contributed by atoms with van der Waals surface area (Å²) in [6, 6.07) is 8.27. The van der Waals surface area contributed by atoms with Gasteiger partial charge in [0.2, 0.25) is 0 Å². The molecule has 0 aliphatic heterocycles. The van der Waals surface area contributed by atoms with Crippen LogP contribution in [-0.2, 0) is 0 Å². The molecule has 0 aliphatic carbocycles. The smallest absolute Gasteiger partial charge is 0.0478 e. The maximum Gasteiger partial charge on any atom is 0.0478 e. The van der Waals surface area contributed by atoms with E-state index in [-0.39, 0.29) is 0 Å². The Balaban J connectivity index is 2.57. The van der Waals surface area contributed by atoms with Crippen molar-refractivity contribution in [1.82, 2.24) is 0 Å². The fraction of sp³-hybridized carbons (Fsp3) is 0.200. The Labute approximate surface area is 87.0 Å². The van der Waals surface area contributed by atoms with E-state index in [4.69, 9.17) is 0 Å². The quantitative estimate of drug-likeness (QED) is 0.658. The first kappa shape index (κ1) is 9.58. The summed E-state index contributed by atoms with van der Waals surface area (Å²) in [5, 5.41) is 3.32. The molecule has 1 rings (SSSR count). The van der Waals surface area contributed by atoms with Gasteiger partial charge in [-0.1, -0.05) is 24.3 Å². The van der Waals surface area contributed by atoms with Gasteiger partial charge < -0.3 is 5.32 Å². The standard InChI is InChI=1S/C10H12IN/c1-2-3-8-12-10-7-5-4-6-9(10)11/h2-7,12H,8H2,1H3. The van der Waals surface area contributed by atoms with E-state index in [9.17, 15) is 0 Å². The number of anilines is 1. The van der Waals surface area contributed by atoms with Gasteiger partial charge in [0, 0.05) is 15.8 Å². The third-order valence-corrected chi connectivity index (χ3v) is 2.46. The maximum absolute atomic E-state index is 3.32. The lowest BCUT2D eigenvalue weighted by Crippen LogP contribution is -1.99. The topological polar surface area (TPSA) is 12.0 Å². The Hall–Kier alpha value is -0.510. The summed E-state index contributed by atoms with van der Waals surface area (Å²) in [6.07, 6.45) is 4.14. The highest BCUT2D eigenvalue weighted by molar-refractivity contribution is 14.1. The van der Waals surface area contributed by atoms with Gasteiger partial charge in [0.05, 0.1) is 0 Å². The van der Waals surface area contributed by atoms with E-state index in [1.54, 1.807) is 0 Å². The summed E-state index contributed by atoms with van der Waals surface area (Å²) in [6.45, 7) is 2.92. The monoisotopic (exact) mass is 273 g/mol. The molecule has 0 heterocycles. The predicted molar refractivity (Wildman–Crippen MR) is 62.5 cm³/mol. The molecule has 1 N–H and O–H groups in total. The van der Waals surface area contributed by atoms with Crippen molar-refractivity contribution in [2.75, 3.05) is 11.9 Å². The lowest BCUT2D eigenvalue weighted by atomic mass is 10.3. The lowest BCUT2D eigenvalue weighted by Gasteiger charge is -2.04. The molecule has 0 fully saturated rings. The van der Waals surface area contributed by atoms with Crippen LogP contribution in [0.1, 0.15) is 6.92 Å². The zero-order valence-electron chi connectivity index (χ0n) is 7.05. The fourth-order valence-corrected chi connectivity index (χ4v) is 1.47. The van der Waals surface area contributed by atoms with Crippen LogP contribution < -0.4 is 5.32 Å². The molecule has 0 radical (unpaired) electrons. The summed E-state index contributed by atoms with van der Waals surface area (Å²) >= 11 is 2.33. The predicted octanol–water partition coefficient (Wildman–Crippen LogP) is 3.28. The Morgan fingerprint density at radius 1 is 1.42 bits per heavy atom. The van der Waals surface area contributed by atoms with Crippen molar-refractivity contribution in [2.24, 2.45) is 0 Å². The van der Waals surface area contributed by atoms with Crippen molar-refractivity contribution < 1.29 is 0 Å². The molecule has 1 aromatic carbocycles. The number of hydrogen-bond donors (Lipinski definition) is 1. The maximum atomic E-state index is 3.32. The van der Waals surface area contributed by atoms with Crippen LogP contribution in [0.5, 0.6) is 0 Å². The summed E-state index contributed by atoms with van der Waals surface area (Å²) in [4.78, 5) is 0. The van der Waals surface area contributed by atoms with Gasteiger partial charge in [0.15, 0.2) is 0 Å². The van der Waals surface area contributed by atoms with Crippen LogP contribution in [0.3, 0.4) is 0 Å². The highest BCUT2D eigenvalue weighted by Crippen LogP contribution is 2.16. The Morgan fingerprint density at radius 2 is 2.17 bits per heavy atom. The molecule has 2 heteroatoms. The number of benzene rings is 1. The highest BCUT2D eigenvalue weighted by Gasteiger charge is 1.93. The number of halogens is 1. The van der Waals surface area contributed by atoms with E-state index in [2.05, 4.69) is 46.1 Å². The lowest BCUT2D eigenvalue weighted by molar-refractivity contribution is 1.32. The number of hydrogen-bond acceptors (Lipinski definition) is 1. The van der Waals surface area contributed by atoms with Crippen molar-refractivity contribution >= 4 is 28.3 Å². The van der Waals surface area contributed by atoms with Gasteiger partial charge in [-0.3, -0.25) is 0 Å². The van der Waals surface area contributed by atoms with Crippen LogP contribution in [0, 0.1) is 3.57 Å². The second kappa shape index (κ2) is 5.19. The van der Waals surface area contributed by atoms with Crippen LogP contribution >= 0.6 is 22.6 Å². The Morgan fingerprint density at radius 3 is 2.83 bits per heavy atom. The average Bonchev–Trinajstić information content (AvgIpc) is 2.09. The number of allylic oxidation sites excluding steroid dienone is 1. The molecule has 0 atom stereocenters. The number of nitrogens with one attached hydrogen (secondary N) is 1. The molecule has 0 spiro atoms. The Kier molecular flexibility index (Phi) is 4.14. The molecule has 0 aliphatic rings. The van der Waals surface area contributed by atoms with Crippen LogP contribution in [0.4, 0.5) is 5.69 Å². The zero-order valence-corrected chi connectivity index (χ0v) is 9.21. The molecule has 1 nitrogen and oxygen atoms in total. The van der Waals surface area contributed by atoms with Gasteiger partial charge in [0.1, 0.15) is 0 Å². The minimum atomic E-state index is 0.899. The van der Waals surface area contributed by atoms with Gasteiger partial charge in [-0.25, -0.2) is 0 Å². The second-order valence-corrected chi connectivity index (χ2v) is 3.59. The Bertz CT molecular complexity index is 268. The van der Waals surface area contributed by atoms with E-state index in [0.717, 1.165) is 6.54 Å². The number of rotatable bonds is 3. The van der Waals surface area contributed by atoms with Crippen molar-refractivity contribution in [3.05, 3.63) is 40.0 Å². The molecule has 0 amide bonds. The molecule has 12 heavy (non-hydrogen) atoms. The van der Waals surface area contributed by atoms with Crippen LogP contribution in [-0.4, -0.2) is 6.54 Å². The van der Waals surface area contributed by atoms with Gasteiger partial charge >= 0.3 is 0 Å². The summed E-state index contributed by atoms with van der Waals surface area (Å²) in [5.41, 5.74) is 1.20. The minimum absolute atomic E-state index is 0.899. The first-order valence-corrected chi connectivity index (χ1v) is 5.02. The second-order valence-electron chi connectivity index (χ2n) is 2.43. The molecule has 0 aromatic heterocycles. The largest absolute Gasteiger partial charge is 0.381 e. The molecule has 0 bridgehead atoms. The van der Waals surface area contributed by atoms with Gasteiger partial charge in [-0.15, -0.1) is 0 Å². The molecular formula is C10H12IN. The van der Waals surface area contributed by atoms with Gasteiger partial charge in [-0.05, 0) is 41.6 Å². The summed E-state index contributed by atoms with van der Waals surface area (Å²) < 4.78 is 1.26. The summed E-state index contributed by atoms with van der Waals surface area (Å²) in [7, 11) is 0. The first-order chi connectivity index (χ1) is 5.84. The van der Waals surface area contributed by atoms with Gasteiger partial charge in [0.25, 0.3) is 0 Å². The van der Waals surface area contributed by atoms with Crippen molar-refractivity contribution in [1.29, 1.82) is 0 Å². The normalized spacial score (nSPS) is 10.5. The third-order valence-electron chi connectivity index (χ3n) is 1.52. The molecule has 64 valence electrons. The number of para-hydroxylation sites is 1. The van der Waals surface area contributed by atoms with Crippen molar-refractivity contribution in [3.8, 4) is 0 Å². The molecule has 1 aromatic rings. The van der Waals surface area contributed by atoms with Crippen molar-refractivity contribution in [3.63, 3.8) is 0 Å². The van der Waals surface area contributed by atoms with E-state index < -0.39 is 0 Å². The minimum Gasteiger partial charge on any atom is -0.381 e. The van der Waals surface area contributed by atoms with E-state index >= 15 is 0 Å². The average molecular weight is 273 g/mol. The zero-order chi connectivity index (χ0) is 8.81. The summed E-state index contributed by atoms with van der Waals surface area (Å²) in [5.74, 6) is 0. The van der Waals surface area contributed by atoms with Crippen LogP contribution in [0.15, 0.2) is 36.4 Å². The van der Waals surface area contributed by atoms with E-state index in [0.29, 0.717) is 0 Å². The fourth-order valence-electron chi connectivity index (χ4n) is 0.891. The molecule has 0 unspecified atom stereocenters. The van der Waals surface area contributed by atoms with E-state index in [1.807, 2.05) is 25.1 Å². The van der Waals surface area contributed by atoms with E-state index in [1.165, 1.54) is 9.26 Å². The molecule has 0 saturated heterocycles. The molecular weight excluding hydrogens is 261 g/mol. The third kappa shape index (κ3) is 2.85. The van der Waals surface area contributed by atoms with Crippen LogP contribution in [0.2, 0.25) is 0 Å². The highest BCUT2D eigenvalue weighted by atomic mass is 127. The van der Waals surface area contributed by atoms with Crippen LogP contribution in [0.25, 0.3) is 0 Å². The first-order valence-electron chi connectivity index (χ1n) is 3.94. The van der Waals surface area contributed by atoms with Crippen molar-refractivity contribution in [2.45, 2.75) is 6.92 Å². The van der Waals surface area contributed by atoms with Gasteiger partial charge in [-0.2, -0.15) is 0 Å². The SMILES string of the molecule is CC=CCNc1ccccc1I. The molecule has 0 saturated carbocycles.